The first-order valence-corrected chi connectivity index (χ1v) is 9.92. The Labute approximate surface area is 172 Å². The van der Waals surface area contributed by atoms with Gasteiger partial charge in [0.1, 0.15) is 16.5 Å². The number of amides is 1. The number of halogens is 1. The molecular weight excluding hydrogens is 398 g/mol. The quantitative estimate of drug-likeness (QED) is 0.555. The second kappa shape index (κ2) is 8.67. The van der Waals surface area contributed by atoms with E-state index >= 15 is 0 Å². The number of hydrogen-bond acceptors (Lipinski definition) is 6. The van der Waals surface area contributed by atoms with Crippen LogP contribution in [0, 0.1) is 20.8 Å². The first kappa shape index (κ1) is 20.2. The number of methoxy groups -OCH3 is 1. The van der Waals surface area contributed by atoms with E-state index in [4.69, 9.17) is 20.9 Å². The van der Waals surface area contributed by atoms with Crippen LogP contribution >= 0.6 is 23.4 Å². The zero-order valence-electron chi connectivity index (χ0n) is 16.0. The van der Waals surface area contributed by atoms with Gasteiger partial charge in [-0.1, -0.05) is 16.8 Å². The average Bonchev–Trinajstić information content (AvgIpc) is 3.00. The van der Waals surface area contributed by atoms with Gasteiger partial charge < -0.3 is 14.6 Å². The molecule has 0 saturated heterocycles. The zero-order chi connectivity index (χ0) is 20.3. The third-order valence-corrected chi connectivity index (χ3v) is 5.72. The molecule has 8 heteroatoms. The van der Waals surface area contributed by atoms with Crippen LogP contribution in [0.25, 0.3) is 0 Å². The van der Waals surface area contributed by atoms with E-state index < -0.39 is 0 Å². The molecule has 0 aliphatic carbocycles. The number of carbonyl (C=O) groups excluding carboxylic acids is 1. The molecule has 146 valence electrons. The number of hydrogen-bond donors (Lipinski definition) is 1. The number of ether oxygens (including phenoxy) is 1. The highest BCUT2D eigenvalue weighted by Crippen LogP contribution is 2.32. The van der Waals surface area contributed by atoms with Gasteiger partial charge in [0, 0.05) is 28.6 Å². The summed E-state index contributed by atoms with van der Waals surface area (Å²) in [5.74, 6) is 1.61. The third kappa shape index (κ3) is 4.31. The van der Waals surface area contributed by atoms with Crippen LogP contribution in [0.3, 0.4) is 0 Å². The topological polar surface area (TPSA) is 77.2 Å². The molecule has 0 bridgehead atoms. The number of rotatable bonds is 6. The van der Waals surface area contributed by atoms with E-state index in [-0.39, 0.29) is 5.91 Å². The molecule has 0 saturated carbocycles. The van der Waals surface area contributed by atoms with Crippen molar-refractivity contribution < 1.29 is 14.1 Å². The summed E-state index contributed by atoms with van der Waals surface area (Å²) >= 11 is 7.60. The summed E-state index contributed by atoms with van der Waals surface area (Å²) in [5.41, 5.74) is 3.73. The molecule has 0 atom stereocenters. The normalized spacial score (nSPS) is 10.8. The van der Waals surface area contributed by atoms with Gasteiger partial charge in [0.2, 0.25) is 0 Å². The highest BCUT2D eigenvalue weighted by atomic mass is 35.5. The number of thioether (sulfide) groups is 1. The Bertz CT molecular complexity index is 1000. The molecule has 3 rings (SSSR count). The van der Waals surface area contributed by atoms with E-state index in [1.165, 1.54) is 18.9 Å². The Hall–Kier alpha value is -2.51. The van der Waals surface area contributed by atoms with Crippen LogP contribution in [0.2, 0.25) is 5.02 Å². The van der Waals surface area contributed by atoms with Crippen molar-refractivity contribution in [3.63, 3.8) is 0 Å². The molecule has 0 unspecified atom stereocenters. The lowest BCUT2D eigenvalue weighted by Gasteiger charge is -2.13. The maximum absolute atomic E-state index is 12.9. The third-order valence-electron chi connectivity index (χ3n) is 4.28. The number of anilines is 1. The molecule has 2 heterocycles. The molecule has 2 aromatic heterocycles. The van der Waals surface area contributed by atoms with Gasteiger partial charge in [-0.25, -0.2) is 4.98 Å². The second-order valence-corrected chi connectivity index (χ2v) is 7.57. The average molecular weight is 418 g/mol. The van der Waals surface area contributed by atoms with Crippen LogP contribution < -0.4 is 10.1 Å². The van der Waals surface area contributed by atoms with Gasteiger partial charge in [-0.2, -0.15) is 0 Å². The molecule has 28 heavy (non-hydrogen) atoms. The number of aromatic nitrogens is 2. The monoisotopic (exact) mass is 417 g/mol. The minimum atomic E-state index is -0.269. The van der Waals surface area contributed by atoms with Crippen LogP contribution in [0.5, 0.6) is 5.75 Å². The molecule has 0 radical (unpaired) electrons. The van der Waals surface area contributed by atoms with E-state index in [0.29, 0.717) is 32.8 Å². The highest BCUT2D eigenvalue weighted by molar-refractivity contribution is 7.98. The van der Waals surface area contributed by atoms with E-state index in [1.807, 2.05) is 20.8 Å². The van der Waals surface area contributed by atoms with Crippen molar-refractivity contribution in [1.29, 1.82) is 0 Å². The van der Waals surface area contributed by atoms with E-state index in [1.54, 1.807) is 30.5 Å². The predicted octanol–water partition coefficient (Wildman–Crippen LogP) is 5.20. The van der Waals surface area contributed by atoms with Crippen molar-refractivity contribution in [2.75, 3.05) is 12.4 Å². The molecule has 0 aliphatic rings. The highest BCUT2D eigenvalue weighted by Gasteiger charge is 2.17. The lowest BCUT2D eigenvalue weighted by Crippen LogP contribution is -2.14. The van der Waals surface area contributed by atoms with Crippen molar-refractivity contribution in [2.24, 2.45) is 0 Å². The maximum Gasteiger partial charge on any atom is 0.258 e. The number of pyridine rings is 1. The lowest BCUT2D eigenvalue weighted by molar-refractivity contribution is 0.102. The molecule has 0 spiro atoms. The summed E-state index contributed by atoms with van der Waals surface area (Å²) in [5, 5.41) is 8.06. The Balaban J connectivity index is 1.83. The van der Waals surface area contributed by atoms with Crippen molar-refractivity contribution in [3.8, 4) is 5.75 Å². The Morgan fingerprint density at radius 1 is 1.32 bits per heavy atom. The van der Waals surface area contributed by atoms with Gasteiger partial charge in [0.05, 0.1) is 24.1 Å². The van der Waals surface area contributed by atoms with Gasteiger partial charge in [-0.3, -0.25) is 4.79 Å². The van der Waals surface area contributed by atoms with Crippen LogP contribution in [0.4, 0.5) is 5.69 Å². The summed E-state index contributed by atoms with van der Waals surface area (Å²) in [4.78, 5) is 17.3. The van der Waals surface area contributed by atoms with E-state index in [0.717, 1.165) is 22.6 Å². The summed E-state index contributed by atoms with van der Waals surface area (Å²) < 4.78 is 10.5. The maximum atomic E-state index is 12.9. The van der Waals surface area contributed by atoms with Crippen molar-refractivity contribution in [1.82, 2.24) is 10.1 Å². The summed E-state index contributed by atoms with van der Waals surface area (Å²) in [6, 6.07) is 6.95. The second-order valence-electron chi connectivity index (χ2n) is 6.20. The van der Waals surface area contributed by atoms with Crippen LogP contribution in [0.15, 0.2) is 40.0 Å². The SMILES string of the molecule is COc1cc(Cl)c(C)cc1NC(=O)c1cccnc1SCc1c(C)noc1C. The minimum absolute atomic E-state index is 0.269. The Morgan fingerprint density at radius 2 is 2.11 bits per heavy atom. The van der Waals surface area contributed by atoms with E-state index in [9.17, 15) is 4.79 Å². The molecule has 3 aromatic rings. The molecule has 0 fully saturated rings. The minimum Gasteiger partial charge on any atom is -0.495 e. The predicted molar refractivity (Wildman–Crippen MR) is 110 cm³/mol. The number of nitrogens with one attached hydrogen (secondary N) is 1. The fourth-order valence-corrected chi connectivity index (χ4v) is 3.95. The van der Waals surface area contributed by atoms with Gasteiger partial charge in [0.15, 0.2) is 0 Å². The first-order chi connectivity index (χ1) is 13.4. The summed E-state index contributed by atoms with van der Waals surface area (Å²) in [6.45, 7) is 5.64. The summed E-state index contributed by atoms with van der Waals surface area (Å²) in [7, 11) is 1.53. The zero-order valence-corrected chi connectivity index (χ0v) is 17.6. The van der Waals surface area contributed by atoms with Crippen LogP contribution in [-0.4, -0.2) is 23.2 Å². The van der Waals surface area contributed by atoms with Gasteiger partial charge in [0.25, 0.3) is 5.91 Å². The van der Waals surface area contributed by atoms with Crippen LogP contribution in [-0.2, 0) is 5.75 Å². The van der Waals surface area contributed by atoms with Gasteiger partial charge in [-0.15, -0.1) is 11.8 Å². The molecule has 0 aliphatic heterocycles. The fourth-order valence-electron chi connectivity index (χ4n) is 2.65. The van der Waals surface area contributed by atoms with Crippen molar-refractivity contribution >= 4 is 35.0 Å². The first-order valence-electron chi connectivity index (χ1n) is 8.55. The van der Waals surface area contributed by atoms with Gasteiger partial charge >= 0.3 is 0 Å². The molecular formula is C20H20ClN3O3S. The van der Waals surface area contributed by atoms with Gasteiger partial charge in [-0.05, 0) is 44.5 Å². The standard InChI is InChI=1S/C20H20ClN3O3S/c1-11-8-17(18(26-4)9-16(11)21)23-19(25)14-6-5-7-22-20(14)28-10-15-12(2)24-27-13(15)3/h5-9H,10H2,1-4H3,(H,23,25). The van der Waals surface area contributed by atoms with Crippen molar-refractivity contribution in [2.45, 2.75) is 31.6 Å². The van der Waals surface area contributed by atoms with Crippen LogP contribution in [0.1, 0.15) is 32.9 Å². The molecule has 1 aromatic carbocycles. The summed E-state index contributed by atoms with van der Waals surface area (Å²) in [6.07, 6.45) is 1.67. The smallest absolute Gasteiger partial charge is 0.258 e. The van der Waals surface area contributed by atoms with Crippen molar-refractivity contribution in [3.05, 3.63) is 63.6 Å². The molecule has 1 amide bonds. The number of nitrogens with zero attached hydrogens (tertiary/aromatic N) is 2. The number of aryl methyl sites for hydroxylation is 3. The Morgan fingerprint density at radius 3 is 2.79 bits per heavy atom. The Kier molecular flexibility index (Phi) is 6.26. The number of benzene rings is 1. The lowest BCUT2D eigenvalue weighted by atomic mass is 10.2. The molecule has 6 nitrogen and oxygen atoms in total. The fraction of sp³-hybridized carbons (Fsp3) is 0.250. The molecule has 1 N–H and O–H groups in total. The largest absolute Gasteiger partial charge is 0.495 e. The van der Waals surface area contributed by atoms with E-state index in [2.05, 4.69) is 15.5 Å². The number of carbonyl (C=O) groups is 1.